The van der Waals surface area contributed by atoms with E-state index in [9.17, 15) is 19.5 Å². The molecule has 3 N–H and O–H groups in total. The zero-order valence-electron chi connectivity index (χ0n) is 20.8. The quantitative estimate of drug-likeness (QED) is 0.510. The number of hydrogen-bond donors (Lipinski definition) is 3. The van der Waals surface area contributed by atoms with Gasteiger partial charge in [0.05, 0.1) is 11.0 Å². The van der Waals surface area contributed by atoms with Crippen LogP contribution in [0.3, 0.4) is 0 Å². The molecule has 0 radical (unpaired) electrons. The summed E-state index contributed by atoms with van der Waals surface area (Å²) in [4.78, 5) is 37.8. The fraction of sp³-hybridized carbons (Fsp3) is 0.464. The molecule has 7 heteroatoms. The predicted molar refractivity (Wildman–Crippen MR) is 133 cm³/mol. The third-order valence-corrected chi connectivity index (χ3v) is 8.05. The molecule has 2 amide bonds. The van der Waals surface area contributed by atoms with Crippen LogP contribution >= 0.6 is 0 Å². The lowest BCUT2D eigenvalue weighted by atomic mass is 9.73. The van der Waals surface area contributed by atoms with E-state index in [-0.39, 0.29) is 24.3 Å². The molecule has 1 fully saturated rings. The van der Waals surface area contributed by atoms with Crippen LogP contribution in [0.5, 0.6) is 0 Å². The second-order valence-electron chi connectivity index (χ2n) is 10.7. The molecule has 186 valence electrons. The average Bonchev–Trinajstić information content (AvgIpc) is 3.09. The molecule has 2 aliphatic carbocycles. The normalized spacial score (nSPS) is 16.5. The highest BCUT2D eigenvalue weighted by Gasteiger charge is 2.46. The van der Waals surface area contributed by atoms with E-state index in [0.29, 0.717) is 0 Å². The van der Waals surface area contributed by atoms with Gasteiger partial charge in [-0.3, -0.25) is 9.59 Å². The fourth-order valence-corrected chi connectivity index (χ4v) is 4.75. The first-order valence-electron chi connectivity index (χ1n) is 12.2. The van der Waals surface area contributed by atoms with E-state index in [0.717, 1.165) is 41.5 Å². The second-order valence-corrected chi connectivity index (χ2v) is 10.7. The zero-order valence-corrected chi connectivity index (χ0v) is 20.8. The maximum absolute atomic E-state index is 13.2. The van der Waals surface area contributed by atoms with Crippen LogP contribution in [-0.4, -0.2) is 41.3 Å². The van der Waals surface area contributed by atoms with E-state index in [1.54, 1.807) is 27.7 Å². The van der Waals surface area contributed by atoms with Crippen LogP contribution in [0.4, 0.5) is 4.79 Å². The highest BCUT2D eigenvalue weighted by atomic mass is 16.5. The van der Waals surface area contributed by atoms with Gasteiger partial charge in [0.1, 0.15) is 12.6 Å². The molecule has 0 bridgehead atoms. The van der Waals surface area contributed by atoms with E-state index < -0.39 is 29.1 Å². The van der Waals surface area contributed by atoms with Crippen LogP contribution in [0.15, 0.2) is 48.5 Å². The first-order chi connectivity index (χ1) is 16.5. The van der Waals surface area contributed by atoms with E-state index in [2.05, 4.69) is 34.9 Å². The number of fused-ring (bicyclic) bond motifs is 3. The Morgan fingerprint density at radius 2 is 1.51 bits per heavy atom. The number of carbonyl (C=O) groups is 3. The van der Waals surface area contributed by atoms with Gasteiger partial charge in [0.15, 0.2) is 0 Å². The first-order valence-corrected chi connectivity index (χ1v) is 12.2. The maximum Gasteiger partial charge on any atom is 0.407 e. The van der Waals surface area contributed by atoms with Gasteiger partial charge in [0.25, 0.3) is 0 Å². The first kappa shape index (κ1) is 24.8. The highest BCUT2D eigenvalue weighted by Crippen LogP contribution is 2.44. The summed E-state index contributed by atoms with van der Waals surface area (Å²) in [6.45, 7) is 6.69. The van der Waals surface area contributed by atoms with Crippen LogP contribution in [0, 0.1) is 11.3 Å². The minimum absolute atomic E-state index is 0.000720. The van der Waals surface area contributed by atoms with Gasteiger partial charge in [-0.25, -0.2) is 4.79 Å². The standard InChI is InChI=1S/C28H34N2O5/c1-27(2,25(32)33)28(3,4)30-24(31)23(17-10-9-11-17)29-26(34)35-16-22-20-14-7-5-12-18(20)19-13-6-8-15-21(19)22/h5-8,12-15,17,22-23H,9-11,16H2,1-4H3,(H,29,34)(H,30,31)(H,32,33). The minimum atomic E-state index is -1.20. The Morgan fingerprint density at radius 3 is 2.00 bits per heavy atom. The van der Waals surface area contributed by atoms with Crippen molar-refractivity contribution in [3.8, 4) is 11.1 Å². The van der Waals surface area contributed by atoms with Crippen LogP contribution in [0.1, 0.15) is 64.0 Å². The summed E-state index contributed by atoms with van der Waals surface area (Å²) in [7, 11) is 0. The molecule has 0 aromatic heterocycles. The van der Waals surface area contributed by atoms with Crippen molar-refractivity contribution in [2.75, 3.05) is 6.61 Å². The van der Waals surface area contributed by atoms with Crippen LogP contribution in [0.25, 0.3) is 11.1 Å². The van der Waals surface area contributed by atoms with Crippen LogP contribution in [0.2, 0.25) is 0 Å². The molecule has 0 saturated heterocycles. The summed E-state index contributed by atoms with van der Waals surface area (Å²) in [5, 5.41) is 15.3. The number of amides is 2. The molecule has 7 nitrogen and oxygen atoms in total. The van der Waals surface area contributed by atoms with Crippen molar-refractivity contribution in [1.82, 2.24) is 10.6 Å². The number of carboxylic acid groups (broad SMARTS) is 1. The van der Waals surface area contributed by atoms with E-state index in [4.69, 9.17) is 4.74 Å². The molecule has 2 aliphatic rings. The Balaban J connectivity index is 1.44. The number of nitrogens with one attached hydrogen (secondary N) is 2. The van der Waals surface area contributed by atoms with Gasteiger partial charge in [0, 0.05) is 5.92 Å². The SMILES string of the molecule is CC(C)(NC(=O)C(NC(=O)OCC1c2ccccc2-c2ccccc21)C1CCC1)C(C)(C)C(=O)O. The second kappa shape index (κ2) is 9.36. The lowest BCUT2D eigenvalue weighted by Crippen LogP contribution is -2.62. The van der Waals surface area contributed by atoms with Crippen LogP contribution in [-0.2, 0) is 14.3 Å². The number of rotatable bonds is 8. The Morgan fingerprint density at radius 1 is 0.971 bits per heavy atom. The summed E-state index contributed by atoms with van der Waals surface area (Å²) in [6, 6.07) is 15.4. The molecule has 1 saturated carbocycles. The highest BCUT2D eigenvalue weighted by molar-refractivity contribution is 5.88. The van der Waals surface area contributed by atoms with E-state index >= 15 is 0 Å². The van der Waals surface area contributed by atoms with Gasteiger partial charge in [-0.15, -0.1) is 0 Å². The fourth-order valence-electron chi connectivity index (χ4n) is 4.75. The summed E-state index contributed by atoms with van der Waals surface area (Å²) < 4.78 is 5.65. The Hall–Kier alpha value is -3.35. The third-order valence-electron chi connectivity index (χ3n) is 8.05. The van der Waals surface area contributed by atoms with Crippen LogP contribution < -0.4 is 10.6 Å². The molecule has 0 spiro atoms. The topological polar surface area (TPSA) is 105 Å². The molecule has 2 aromatic rings. The molecule has 1 atom stereocenters. The Kier molecular flexibility index (Phi) is 6.62. The zero-order chi connectivity index (χ0) is 25.4. The number of aliphatic carboxylic acids is 1. The van der Waals surface area contributed by atoms with Crippen molar-refractivity contribution in [3.05, 3.63) is 59.7 Å². The summed E-state index contributed by atoms with van der Waals surface area (Å²) >= 11 is 0. The van der Waals surface area contributed by atoms with Crippen molar-refractivity contribution < 1.29 is 24.2 Å². The monoisotopic (exact) mass is 478 g/mol. The van der Waals surface area contributed by atoms with Crippen molar-refractivity contribution in [1.29, 1.82) is 0 Å². The summed E-state index contributed by atoms with van der Waals surface area (Å²) in [6.07, 6.45) is 1.99. The van der Waals surface area contributed by atoms with Gasteiger partial charge >= 0.3 is 12.1 Å². The molecule has 0 aliphatic heterocycles. The van der Waals surface area contributed by atoms with Gasteiger partial charge in [-0.2, -0.15) is 0 Å². The Labute approximate surface area is 206 Å². The van der Waals surface area contributed by atoms with Gasteiger partial charge < -0.3 is 20.5 Å². The largest absolute Gasteiger partial charge is 0.481 e. The number of hydrogen-bond acceptors (Lipinski definition) is 4. The molecule has 35 heavy (non-hydrogen) atoms. The number of carboxylic acids is 1. The molecule has 2 aromatic carbocycles. The number of benzene rings is 2. The summed E-state index contributed by atoms with van der Waals surface area (Å²) in [5.41, 5.74) is 2.30. The lowest BCUT2D eigenvalue weighted by Gasteiger charge is -2.41. The molecule has 0 heterocycles. The van der Waals surface area contributed by atoms with Crippen molar-refractivity contribution in [2.24, 2.45) is 11.3 Å². The molecular weight excluding hydrogens is 444 g/mol. The predicted octanol–water partition coefficient (Wildman–Crippen LogP) is 4.70. The number of alkyl carbamates (subject to hydrolysis) is 1. The van der Waals surface area contributed by atoms with Gasteiger partial charge in [-0.05, 0) is 68.7 Å². The molecular formula is C28H34N2O5. The summed E-state index contributed by atoms with van der Waals surface area (Å²) in [5.74, 6) is -1.46. The van der Waals surface area contributed by atoms with Crippen molar-refractivity contribution in [2.45, 2.75) is 64.5 Å². The lowest BCUT2D eigenvalue weighted by molar-refractivity contribution is -0.152. The molecule has 4 rings (SSSR count). The minimum Gasteiger partial charge on any atom is -0.481 e. The maximum atomic E-state index is 13.2. The van der Waals surface area contributed by atoms with E-state index in [1.807, 2.05) is 24.3 Å². The van der Waals surface area contributed by atoms with Crippen molar-refractivity contribution in [3.63, 3.8) is 0 Å². The smallest absolute Gasteiger partial charge is 0.407 e. The number of carbonyl (C=O) groups excluding carboxylic acids is 2. The number of ether oxygens (including phenoxy) is 1. The third kappa shape index (κ3) is 4.64. The van der Waals surface area contributed by atoms with Crippen molar-refractivity contribution >= 4 is 18.0 Å². The van der Waals surface area contributed by atoms with E-state index in [1.165, 1.54) is 0 Å². The molecule has 1 unspecified atom stereocenters. The van der Waals surface area contributed by atoms with Gasteiger partial charge in [-0.1, -0.05) is 55.0 Å². The van der Waals surface area contributed by atoms with Gasteiger partial charge in [0.2, 0.25) is 5.91 Å². The Bertz CT molecular complexity index is 1090. The average molecular weight is 479 g/mol.